The van der Waals surface area contributed by atoms with Gasteiger partial charge in [0, 0.05) is 5.56 Å². The molecular formula is C17H15N5O4S. The second-order valence-electron chi connectivity index (χ2n) is 5.40. The van der Waals surface area contributed by atoms with Gasteiger partial charge in [0.1, 0.15) is 23.1 Å². The molecule has 0 bridgehead atoms. The van der Waals surface area contributed by atoms with Crippen LogP contribution in [0.15, 0.2) is 16.9 Å². The first-order chi connectivity index (χ1) is 12.9. The average Bonchev–Trinajstić information content (AvgIpc) is 2.65. The molecule has 0 amide bonds. The van der Waals surface area contributed by atoms with Crippen molar-refractivity contribution in [1.29, 1.82) is 5.26 Å². The van der Waals surface area contributed by atoms with Gasteiger partial charge in [-0.25, -0.2) is 4.98 Å². The van der Waals surface area contributed by atoms with E-state index in [0.29, 0.717) is 22.8 Å². The molecule has 1 aromatic carbocycles. The van der Waals surface area contributed by atoms with Gasteiger partial charge in [-0.3, -0.25) is 9.78 Å². The first-order valence-electron chi connectivity index (χ1n) is 7.61. The Morgan fingerprint density at radius 3 is 2.30 bits per heavy atom. The summed E-state index contributed by atoms with van der Waals surface area (Å²) in [5, 5.41) is 9.76. The number of pyridine rings is 1. The first-order valence-corrected chi connectivity index (χ1v) is 8.02. The first kappa shape index (κ1) is 18.2. The van der Waals surface area contributed by atoms with E-state index in [9.17, 15) is 10.1 Å². The van der Waals surface area contributed by atoms with Crippen molar-refractivity contribution < 1.29 is 14.2 Å². The maximum Gasteiger partial charge on any atom is 0.261 e. The van der Waals surface area contributed by atoms with E-state index in [0.717, 1.165) is 0 Å². The molecular weight excluding hydrogens is 370 g/mol. The maximum atomic E-state index is 12.6. The third-order valence-corrected chi connectivity index (χ3v) is 4.18. The van der Waals surface area contributed by atoms with Crippen LogP contribution in [0.2, 0.25) is 0 Å². The Morgan fingerprint density at radius 1 is 1.15 bits per heavy atom. The van der Waals surface area contributed by atoms with Gasteiger partial charge in [0.25, 0.3) is 5.56 Å². The number of anilines is 1. The fourth-order valence-electron chi connectivity index (χ4n) is 2.85. The number of aromatic nitrogens is 3. The van der Waals surface area contributed by atoms with Crippen LogP contribution in [0.5, 0.6) is 17.2 Å². The Bertz CT molecular complexity index is 1180. The van der Waals surface area contributed by atoms with Crippen molar-refractivity contribution in [2.45, 2.75) is 0 Å². The fraction of sp³-hybridized carbons (Fsp3) is 0.176. The fourth-order valence-corrected chi connectivity index (χ4v) is 3.04. The highest BCUT2D eigenvalue weighted by Crippen LogP contribution is 2.43. The van der Waals surface area contributed by atoms with Crippen LogP contribution in [0.3, 0.4) is 0 Å². The largest absolute Gasteiger partial charge is 0.493 e. The minimum Gasteiger partial charge on any atom is -0.493 e. The lowest BCUT2D eigenvalue weighted by Crippen LogP contribution is -2.13. The molecule has 3 aromatic rings. The zero-order chi connectivity index (χ0) is 19.7. The van der Waals surface area contributed by atoms with Crippen molar-refractivity contribution in [2.24, 2.45) is 0 Å². The highest BCUT2D eigenvalue weighted by atomic mass is 32.1. The molecule has 0 radical (unpaired) electrons. The number of nitrogens with one attached hydrogen (secondary N) is 2. The molecule has 138 valence electrons. The zero-order valence-electron chi connectivity index (χ0n) is 14.7. The Hall–Kier alpha value is -3.58. The molecule has 0 aliphatic carbocycles. The molecule has 0 aliphatic rings. The second kappa shape index (κ2) is 6.97. The van der Waals surface area contributed by atoms with Crippen LogP contribution in [0.1, 0.15) is 5.56 Å². The van der Waals surface area contributed by atoms with Crippen molar-refractivity contribution in [3.8, 4) is 34.4 Å². The summed E-state index contributed by atoms with van der Waals surface area (Å²) in [7, 11) is 4.41. The van der Waals surface area contributed by atoms with Crippen LogP contribution >= 0.6 is 12.2 Å². The number of nitrogens with zero attached hydrogens (tertiary/aromatic N) is 2. The molecule has 4 N–H and O–H groups in total. The summed E-state index contributed by atoms with van der Waals surface area (Å²) in [5.41, 5.74) is 6.42. The molecule has 2 heterocycles. The van der Waals surface area contributed by atoms with Crippen molar-refractivity contribution >= 4 is 29.1 Å². The summed E-state index contributed by atoms with van der Waals surface area (Å²) in [6.45, 7) is 0. The van der Waals surface area contributed by atoms with Crippen LogP contribution in [-0.2, 0) is 0 Å². The number of nitrogens with two attached hydrogens (primary N) is 1. The SMILES string of the molecule is COc1cc(-c2c(C#N)c(N)nc3[nH]c(=S)[nH]c(=O)c23)cc(OC)c1OC. The number of aromatic amines is 2. The molecule has 0 spiro atoms. The smallest absolute Gasteiger partial charge is 0.261 e. The van der Waals surface area contributed by atoms with Gasteiger partial charge in [-0.2, -0.15) is 5.26 Å². The monoisotopic (exact) mass is 385 g/mol. The quantitative estimate of drug-likeness (QED) is 0.580. The predicted octanol–water partition coefficient (Wildman–Crippen LogP) is 2.13. The number of ether oxygens (including phenoxy) is 3. The molecule has 0 fully saturated rings. The van der Waals surface area contributed by atoms with Gasteiger partial charge in [0.2, 0.25) is 5.75 Å². The Labute approximate surface area is 158 Å². The van der Waals surface area contributed by atoms with Gasteiger partial charge in [0.05, 0.1) is 26.7 Å². The second-order valence-corrected chi connectivity index (χ2v) is 5.81. The third kappa shape index (κ3) is 2.94. The van der Waals surface area contributed by atoms with E-state index in [1.165, 1.54) is 21.3 Å². The van der Waals surface area contributed by atoms with Gasteiger partial charge in [0.15, 0.2) is 16.3 Å². The molecule has 0 unspecified atom stereocenters. The summed E-state index contributed by atoms with van der Waals surface area (Å²) >= 11 is 4.99. The number of fused-ring (bicyclic) bond motifs is 1. The molecule has 0 saturated heterocycles. The maximum absolute atomic E-state index is 12.6. The number of rotatable bonds is 4. The van der Waals surface area contributed by atoms with Crippen LogP contribution in [0, 0.1) is 16.1 Å². The van der Waals surface area contributed by atoms with Gasteiger partial charge < -0.3 is 24.9 Å². The van der Waals surface area contributed by atoms with Gasteiger partial charge in [-0.05, 0) is 29.9 Å². The molecule has 0 saturated carbocycles. The van der Waals surface area contributed by atoms with Crippen molar-refractivity contribution in [1.82, 2.24) is 15.0 Å². The lowest BCUT2D eigenvalue weighted by molar-refractivity contribution is 0.324. The number of nitriles is 1. The summed E-state index contributed by atoms with van der Waals surface area (Å²) < 4.78 is 16.1. The Morgan fingerprint density at radius 2 is 1.78 bits per heavy atom. The lowest BCUT2D eigenvalue weighted by atomic mass is 9.97. The molecule has 0 aliphatic heterocycles. The van der Waals surface area contributed by atoms with E-state index < -0.39 is 5.56 Å². The summed E-state index contributed by atoms with van der Waals surface area (Å²) in [5.74, 6) is 1.06. The molecule has 27 heavy (non-hydrogen) atoms. The highest BCUT2D eigenvalue weighted by Gasteiger charge is 2.22. The summed E-state index contributed by atoms with van der Waals surface area (Å²) in [6.07, 6.45) is 0. The number of nitrogen functional groups attached to an aromatic ring is 1. The van der Waals surface area contributed by atoms with Gasteiger partial charge in [-0.15, -0.1) is 0 Å². The Kier molecular flexibility index (Phi) is 4.70. The van der Waals surface area contributed by atoms with E-state index in [1.54, 1.807) is 12.1 Å². The van der Waals surface area contributed by atoms with Crippen LogP contribution in [0.25, 0.3) is 22.2 Å². The molecule has 9 nitrogen and oxygen atoms in total. The topological polar surface area (TPSA) is 139 Å². The van der Waals surface area contributed by atoms with Crippen LogP contribution < -0.4 is 25.5 Å². The minimum atomic E-state index is -0.499. The van der Waals surface area contributed by atoms with E-state index in [4.69, 9.17) is 32.2 Å². The highest BCUT2D eigenvalue weighted by molar-refractivity contribution is 7.71. The number of benzene rings is 1. The minimum absolute atomic E-state index is 0.0370. The van der Waals surface area contributed by atoms with Gasteiger partial charge >= 0.3 is 0 Å². The molecule has 3 rings (SSSR count). The normalized spacial score (nSPS) is 10.4. The lowest BCUT2D eigenvalue weighted by Gasteiger charge is -2.16. The predicted molar refractivity (Wildman–Crippen MR) is 102 cm³/mol. The van der Waals surface area contributed by atoms with E-state index in [2.05, 4.69) is 15.0 Å². The third-order valence-electron chi connectivity index (χ3n) is 3.98. The van der Waals surface area contributed by atoms with Crippen LogP contribution in [0.4, 0.5) is 5.82 Å². The number of hydrogen-bond acceptors (Lipinski definition) is 8. The summed E-state index contributed by atoms with van der Waals surface area (Å²) in [6, 6.07) is 5.25. The molecule has 2 aromatic heterocycles. The van der Waals surface area contributed by atoms with E-state index in [1.807, 2.05) is 6.07 Å². The standard InChI is InChI=1S/C17H15N5O4S/c1-24-9-4-7(5-10(25-2)13(9)26-3)11-8(6-18)14(19)20-15-12(11)16(23)22-17(27)21-15/h4-5H,1-3H3,(H4,19,20,21,22,23,27). The molecule has 10 heteroatoms. The van der Waals surface area contributed by atoms with Crippen LogP contribution in [-0.4, -0.2) is 36.3 Å². The van der Waals surface area contributed by atoms with Crippen molar-refractivity contribution in [3.63, 3.8) is 0 Å². The average molecular weight is 385 g/mol. The van der Waals surface area contributed by atoms with E-state index in [-0.39, 0.29) is 32.7 Å². The summed E-state index contributed by atoms with van der Waals surface area (Å²) in [4.78, 5) is 22.0. The number of hydrogen-bond donors (Lipinski definition) is 3. The van der Waals surface area contributed by atoms with Crippen molar-refractivity contribution in [2.75, 3.05) is 27.1 Å². The molecule has 0 atom stereocenters. The van der Waals surface area contributed by atoms with Crippen molar-refractivity contribution in [3.05, 3.63) is 32.8 Å². The number of H-pyrrole nitrogens is 2. The number of methoxy groups -OCH3 is 3. The zero-order valence-corrected chi connectivity index (χ0v) is 15.5. The van der Waals surface area contributed by atoms with E-state index >= 15 is 0 Å². The Balaban J connectivity index is 2.53. The van der Waals surface area contributed by atoms with Gasteiger partial charge in [-0.1, -0.05) is 0 Å².